The van der Waals surface area contributed by atoms with Gasteiger partial charge in [-0.15, -0.1) is 0 Å². The van der Waals surface area contributed by atoms with Gasteiger partial charge in [-0.05, 0) is 52.6 Å². The molecule has 9 heteroatoms. The number of alkyl halides is 3. The van der Waals surface area contributed by atoms with Crippen LogP contribution < -0.4 is 5.32 Å². The molecule has 194 valence electrons. The minimum Gasteiger partial charge on any atom is -0.475 e. The number of aromatic amines is 1. The normalized spacial score (nSPS) is 11.2. The topological polar surface area (TPSA) is 78.0 Å². The Hall–Kier alpha value is -4.50. The number of aromatic nitrogens is 2. The minimum atomic E-state index is -5.08. The van der Waals surface area contributed by atoms with E-state index in [1.165, 1.54) is 23.3 Å². The summed E-state index contributed by atoms with van der Waals surface area (Å²) < 4.78 is 45.2. The largest absolute Gasteiger partial charge is 0.490 e. The smallest absolute Gasteiger partial charge is 0.475 e. The predicted molar refractivity (Wildman–Crippen MR) is 138 cm³/mol. The van der Waals surface area contributed by atoms with Crippen molar-refractivity contribution in [2.75, 3.05) is 0 Å². The van der Waals surface area contributed by atoms with Crippen molar-refractivity contribution in [3.8, 4) is 22.5 Å². The number of halogens is 4. The van der Waals surface area contributed by atoms with Gasteiger partial charge in [0.25, 0.3) is 0 Å². The van der Waals surface area contributed by atoms with Gasteiger partial charge in [0.05, 0.1) is 11.0 Å². The molecule has 0 atom stereocenters. The third-order valence-electron chi connectivity index (χ3n) is 5.58. The molecule has 1 heterocycles. The van der Waals surface area contributed by atoms with Gasteiger partial charge in [-0.25, -0.2) is 14.2 Å². The third kappa shape index (κ3) is 7.04. The molecular formula is C29H23F4N3O2. The van der Waals surface area contributed by atoms with Gasteiger partial charge < -0.3 is 15.4 Å². The minimum absolute atomic E-state index is 0.269. The van der Waals surface area contributed by atoms with Crippen LogP contribution in [0.15, 0.2) is 97.1 Å². The molecular weight excluding hydrogens is 498 g/mol. The summed E-state index contributed by atoms with van der Waals surface area (Å²) in [6, 6.07) is 31.8. The maximum atomic E-state index is 13.5. The molecule has 0 saturated heterocycles. The van der Waals surface area contributed by atoms with Crippen LogP contribution in [-0.4, -0.2) is 27.2 Å². The van der Waals surface area contributed by atoms with E-state index in [-0.39, 0.29) is 5.82 Å². The first kappa shape index (κ1) is 26.6. The van der Waals surface area contributed by atoms with Gasteiger partial charge in [-0.1, -0.05) is 66.7 Å². The summed E-state index contributed by atoms with van der Waals surface area (Å²) >= 11 is 0. The van der Waals surface area contributed by atoms with Crippen LogP contribution in [0, 0.1) is 5.82 Å². The Bertz CT molecular complexity index is 1530. The van der Waals surface area contributed by atoms with E-state index >= 15 is 0 Å². The van der Waals surface area contributed by atoms with Gasteiger partial charge in [-0.2, -0.15) is 13.2 Å². The fraction of sp³-hybridized carbons (Fsp3) is 0.103. The van der Waals surface area contributed by atoms with E-state index in [0.29, 0.717) is 5.52 Å². The number of hydrogen-bond acceptors (Lipinski definition) is 3. The highest BCUT2D eigenvalue weighted by molar-refractivity contribution is 5.80. The number of imidazole rings is 1. The zero-order chi connectivity index (χ0) is 27.1. The Labute approximate surface area is 215 Å². The van der Waals surface area contributed by atoms with Gasteiger partial charge in [0.1, 0.15) is 11.6 Å². The summed E-state index contributed by atoms with van der Waals surface area (Å²) in [5.74, 6) is -2.29. The molecule has 0 unspecified atom stereocenters. The molecule has 5 nitrogen and oxygen atoms in total. The molecule has 0 spiro atoms. The number of nitrogens with one attached hydrogen (secondary N) is 2. The van der Waals surface area contributed by atoms with Crippen molar-refractivity contribution in [2.45, 2.75) is 19.3 Å². The maximum absolute atomic E-state index is 13.5. The standard InChI is InChI=1S/C27H22FN3.C2HF3O2/c28-24-12-13-25-26(16-24)31-27(30-25)23-11-5-10-22(15-23)21-9-4-8-20(14-21)18-29-17-19-6-2-1-3-7-19;3-2(4,5)1(6)7/h1-16,29H,17-18H2,(H,30,31);(H,6,7). The van der Waals surface area contributed by atoms with Gasteiger partial charge in [0.15, 0.2) is 0 Å². The number of H-pyrrole nitrogens is 1. The molecule has 0 fully saturated rings. The molecule has 38 heavy (non-hydrogen) atoms. The van der Waals surface area contributed by atoms with Crippen LogP contribution in [-0.2, 0) is 17.9 Å². The number of nitrogens with zero attached hydrogens (tertiary/aromatic N) is 1. The van der Waals surface area contributed by atoms with Crippen LogP contribution in [0.1, 0.15) is 11.1 Å². The van der Waals surface area contributed by atoms with E-state index < -0.39 is 12.1 Å². The molecule has 5 aromatic rings. The Balaban J connectivity index is 0.000000426. The van der Waals surface area contributed by atoms with Crippen LogP contribution in [0.5, 0.6) is 0 Å². The molecule has 3 N–H and O–H groups in total. The Morgan fingerprint density at radius 1 is 0.789 bits per heavy atom. The molecule has 0 amide bonds. The highest BCUT2D eigenvalue weighted by Crippen LogP contribution is 2.27. The average molecular weight is 522 g/mol. The first-order chi connectivity index (χ1) is 18.2. The molecule has 5 rings (SSSR count). The van der Waals surface area contributed by atoms with E-state index in [2.05, 4.69) is 75.9 Å². The summed E-state index contributed by atoms with van der Waals surface area (Å²) in [6.45, 7) is 1.64. The van der Waals surface area contributed by atoms with Crippen LogP contribution in [0.4, 0.5) is 17.6 Å². The van der Waals surface area contributed by atoms with E-state index in [9.17, 15) is 17.6 Å². The third-order valence-corrected chi connectivity index (χ3v) is 5.58. The lowest BCUT2D eigenvalue weighted by atomic mass is 10.0. The Morgan fingerprint density at radius 2 is 1.39 bits per heavy atom. The summed E-state index contributed by atoms with van der Waals surface area (Å²) in [5, 5.41) is 10.6. The van der Waals surface area contributed by atoms with Crippen LogP contribution in [0.2, 0.25) is 0 Å². The number of rotatable bonds is 6. The average Bonchev–Trinajstić information content (AvgIpc) is 3.33. The monoisotopic (exact) mass is 521 g/mol. The summed E-state index contributed by atoms with van der Waals surface area (Å²) in [7, 11) is 0. The first-order valence-electron chi connectivity index (χ1n) is 11.6. The number of carboxylic acids is 1. The number of carboxylic acid groups (broad SMARTS) is 1. The zero-order valence-electron chi connectivity index (χ0n) is 20.0. The summed E-state index contributed by atoms with van der Waals surface area (Å²) in [4.78, 5) is 16.7. The van der Waals surface area contributed by atoms with Crippen molar-refractivity contribution in [3.63, 3.8) is 0 Å². The van der Waals surface area contributed by atoms with Crippen molar-refractivity contribution in [3.05, 3.63) is 114 Å². The van der Waals surface area contributed by atoms with E-state index in [4.69, 9.17) is 9.90 Å². The quantitative estimate of drug-likeness (QED) is 0.211. The van der Waals surface area contributed by atoms with E-state index in [1.54, 1.807) is 6.07 Å². The molecule has 1 aromatic heterocycles. The Morgan fingerprint density at radius 3 is 2.11 bits per heavy atom. The van der Waals surface area contributed by atoms with Crippen LogP contribution in [0.25, 0.3) is 33.5 Å². The van der Waals surface area contributed by atoms with Crippen molar-refractivity contribution in [1.82, 2.24) is 15.3 Å². The van der Waals surface area contributed by atoms with E-state index in [0.717, 1.165) is 41.1 Å². The van der Waals surface area contributed by atoms with Gasteiger partial charge in [0.2, 0.25) is 0 Å². The number of fused-ring (bicyclic) bond motifs is 1. The maximum Gasteiger partial charge on any atom is 0.490 e. The number of carbonyl (C=O) groups is 1. The Kier molecular flexibility index (Phi) is 8.18. The van der Waals surface area contributed by atoms with Gasteiger partial charge >= 0.3 is 12.1 Å². The zero-order valence-corrected chi connectivity index (χ0v) is 20.0. The molecule has 4 aromatic carbocycles. The number of aliphatic carboxylic acids is 1. The number of hydrogen-bond donors (Lipinski definition) is 3. The first-order valence-corrected chi connectivity index (χ1v) is 11.6. The second-order valence-corrected chi connectivity index (χ2v) is 8.42. The molecule has 0 aliphatic carbocycles. The summed E-state index contributed by atoms with van der Waals surface area (Å²) in [6.07, 6.45) is -5.08. The second-order valence-electron chi connectivity index (χ2n) is 8.42. The van der Waals surface area contributed by atoms with Crippen molar-refractivity contribution in [1.29, 1.82) is 0 Å². The van der Waals surface area contributed by atoms with Gasteiger partial charge in [-0.3, -0.25) is 0 Å². The van der Waals surface area contributed by atoms with Crippen LogP contribution >= 0.6 is 0 Å². The summed E-state index contributed by atoms with van der Waals surface area (Å²) in [5.41, 5.74) is 7.22. The highest BCUT2D eigenvalue weighted by atomic mass is 19.4. The molecule has 0 bridgehead atoms. The number of benzene rings is 4. The van der Waals surface area contributed by atoms with Crippen molar-refractivity contribution in [2.24, 2.45) is 0 Å². The van der Waals surface area contributed by atoms with Crippen LogP contribution in [0.3, 0.4) is 0 Å². The lowest BCUT2D eigenvalue weighted by Crippen LogP contribution is -2.21. The van der Waals surface area contributed by atoms with Crippen molar-refractivity contribution >= 4 is 17.0 Å². The highest BCUT2D eigenvalue weighted by Gasteiger charge is 2.38. The lowest BCUT2D eigenvalue weighted by Gasteiger charge is -2.09. The molecule has 0 aliphatic heterocycles. The molecule has 0 saturated carbocycles. The fourth-order valence-corrected chi connectivity index (χ4v) is 3.77. The van der Waals surface area contributed by atoms with Crippen molar-refractivity contribution < 1.29 is 27.5 Å². The predicted octanol–water partition coefficient (Wildman–Crippen LogP) is 6.96. The van der Waals surface area contributed by atoms with Gasteiger partial charge in [0, 0.05) is 18.7 Å². The second kappa shape index (κ2) is 11.7. The molecule has 0 radical (unpaired) electrons. The lowest BCUT2D eigenvalue weighted by molar-refractivity contribution is -0.192. The fourth-order valence-electron chi connectivity index (χ4n) is 3.77. The molecule has 0 aliphatic rings. The SMILES string of the molecule is Fc1ccc2nc(-c3cccc(-c4cccc(CNCc5ccccc5)c4)c3)[nH]c2c1.O=C(O)C(F)(F)F. The van der Waals surface area contributed by atoms with E-state index in [1.807, 2.05) is 18.2 Å².